The highest BCUT2D eigenvalue weighted by Gasteiger charge is 2.47. The number of carbonyl (C=O) groups is 1. The molecule has 0 aromatic rings. The lowest BCUT2D eigenvalue weighted by Gasteiger charge is -2.35. The fourth-order valence-electron chi connectivity index (χ4n) is 1.33. The molecule has 0 rings (SSSR count). The van der Waals surface area contributed by atoms with E-state index in [1.807, 2.05) is 6.92 Å². The van der Waals surface area contributed by atoms with Gasteiger partial charge in [0.25, 0.3) is 0 Å². The Kier molecular flexibility index (Phi) is 5.74. The SMILES string of the molecule is C=CC(=O)N(C)C(C)[Si](OC)(OC)OC. The number of hydrogen-bond acceptors (Lipinski definition) is 4. The second-order valence-corrected chi connectivity index (χ2v) is 6.31. The van der Waals surface area contributed by atoms with Gasteiger partial charge in [-0.25, -0.2) is 0 Å². The molecule has 0 aliphatic rings. The van der Waals surface area contributed by atoms with Crippen LogP contribution in [0.3, 0.4) is 0 Å². The van der Waals surface area contributed by atoms with Crippen molar-refractivity contribution in [2.75, 3.05) is 28.4 Å². The predicted octanol–water partition coefficient (Wildman–Crippen LogP) is 0.437. The molecule has 15 heavy (non-hydrogen) atoms. The molecule has 0 saturated carbocycles. The van der Waals surface area contributed by atoms with Crippen molar-refractivity contribution in [3.63, 3.8) is 0 Å². The maximum Gasteiger partial charge on any atom is 0.523 e. The topological polar surface area (TPSA) is 48.0 Å². The minimum absolute atomic E-state index is 0.189. The first kappa shape index (κ1) is 14.3. The van der Waals surface area contributed by atoms with Crippen molar-refractivity contribution < 1.29 is 18.1 Å². The Morgan fingerprint density at radius 1 is 1.33 bits per heavy atom. The Morgan fingerprint density at radius 2 is 1.73 bits per heavy atom. The molecule has 0 radical (unpaired) electrons. The zero-order chi connectivity index (χ0) is 12.1. The third-order valence-electron chi connectivity index (χ3n) is 2.47. The third kappa shape index (κ3) is 2.88. The molecule has 1 amide bonds. The molecular weight excluding hydrogens is 214 g/mol. The van der Waals surface area contributed by atoms with E-state index in [1.165, 1.54) is 32.3 Å². The fourth-order valence-corrected chi connectivity index (χ4v) is 3.46. The Hall–Kier alpha value is -0.693. The smallest absolute Gasteiger partial charge is 0.376 e. The summed E-state index contributed by atoms with van der Waals surface area (Å²) >= 11 is 0. The highest BCUT2D eigenvalue weighted by atomic mass is 28.4. The summed E-state index contributed by atoms with van der Waals surface area (Å²) < 4.78 is 15.8. The highest BCUT2D eigenvalue weighted by Crippen LogP contribution is 2.16. The van der Waals surface area contributed by atoms with Crippen LogP contribution < -0.4 is 0 Å². The van der Waals surface area contributed by atoms with Gasteiger partial charge in [0.2, 0.25) is 5.91 Å². The van der Waals surface area contributed by atoms with E-state index in [1.54, 1.807) is 7.05 Å². The van der Waals surface area contributed by atoms with Gasteiger partial charge < -0.3 is 18.2 Å². The number of rotatable bonds is 6. The van der Waals surface area contributed by atoms with Gasteiger partial charge in [0.15, 0.2) is 0 Å². The molecular formula is C9H19NO4Si. The van der Waals surface area contributed by atoms with Gasteiger partial charge >= 0.3 is 8.80 Å². The average Bonchev–Trinajstić information content (AvgIpc) is 2.29. The van der Waals surface area contributed by atoms with Crippen LogP contribution in [0.1, 0.15) is 6.92 Å². The van der Waals surface area contributed by atoms with E-state index in [0.717, 1.165) is 0 Å². The van der Waals surface area contributed by atoms with Crippen molar-refractivity contribution in [2.45, 2.75) is 12.6 Å². The van der Waals surface area contributed by atoms with Crippen LogP contribution in [-0.2, 0) is 18.1 Å². The summed E-state index contributed by atoms with van der Waals surface area (Å²) in [5.41, 5.74) is -0.261. The van der Waals surface area contributed by atoms with Crippen molar-refractivity contribution in [1.82, 2.24) is 4.90 Å². The van der Waals surface area contributed by atoms with Crippen molar-refractivity contribution in [3.8, 4) is 0 Å². The summed E-state index contributed by atoms with van der Waals surface area (Å²) in [5, 5.41) is 0. The van der Waals surface area contributed by atoms with Crippen LogP contribution >= 0.6 is 0 Å². The summed E-state index contributed by atoms with van der Waals surface area (Å²) in [4.78, 5) is 12.9. The molecule has 0 aromatic heterocycles. The first-order valence-electron chi connectivity index (χ1n) is 4.53. The zero-order valence-corrected chi connectivity index (χ0v) is 10.9. The van der Waals surface area contributed by atoms with Gasteiger partial charge in [0.05, 0.1) is 5.67 Å². The minimum atomic E-state index is -2.81. The van der Waals surface area contributed by atoms with Gasteiger partial charge in [0.1, 0.15) is 0 Å². The molecule has 1 unspecified atom stereocenters. The summed E-state index contributed by atoms with van der Waals surface area (Å²) in [6.45, 7) is 5.25. The van der Waals surface area contributed by atoms with Crippen molar-refractivity contribution >= 4 is 14.7 Å². The summed E-state index contributed by atoms with van der Waals surface area (Å²) in [6.07, 6.45) is 1.25. The molecule has 0 bridgehead atoms. The quantitative estimate of drug-likeness (QED) is 0.493. The Bertz CT molecular complexity index is 222. The molecule has 0 spiro atoms. The Morgan fingerprint density at radius 3 is 2.00 bits per heavy atom. The van der Waals surface area contributed by atoms with Gasteiger partial charge in [-0.3, -0.25) is 4.79 Å². The van der Waals surface area contributed by atoms with E-state index < -0.39 is 8.80 Å². The molecule has 6 heteroatoms. The predicted molar refractivity (Wildman–Crippen MR) is 59.2 cm³/mol. The number of nitrogens with zero attached hydrogens (tertiary/aromatic N) is 1. The van der Waals surface area contributed by atoms with Crippen molar-refractivity contribution in [1.29, 1.82) is 0 Å². The van der Waals surface area contributed by atoms with Crippen LogP contribution in [0, 0.1) is 0 Å². The molecule has 88 valence electrons. The normalized spacial score (nSPS) is 13.4. The van der Waals surface area contributed by atoms with Crippen LogP contribution in [0.2, 0.25) is 0 Å². The summed E-state index contributed by atoms with van der Waals surface area (Å²) in [6, 6.07) is 0. The van der Waals surface area contributed by atoms with Crippen LogP contribution in [0.15, 0.2) is 12.7 Å². The minimum Gasteiger partial charge on any atom is -0.376 e. The lowest BCUT2D eigenvalue weighted by Crippen LogP contribution is -2.60. The van der Waals surface area contributed by atoms with Crippen LogP contribution in [0.5, 0.6) is 0 Å². The Balaban J connectivity index is 4.84. The zero-order valence-electron chi connectivity index (χ0n) is 9.94. The number of hydrogen-bond donors (Lipinski definition) is 0. The second-order valence-electron chi connectivity index (χ2n) is 3.05. The maximum absolute atomic E-state index is 11.4. The van der Waals surface area contributed by atoms with E-state index in [-0.39, 0.29) is 11.6 Å². The number of likely N-dealkylation sites (N-methyl/N-ethyl adjacent to an activating group) is 1. The van der Waals surface area contributed by atoms with Crippen LogP contribution in [-0.4, -0.2) is 53.7 Å². The largest absolute Gasteiger partial charge is 0.523 e. The lowest BCUT2D eigenvalue weighted by molar-refractivity contribution is -0.126. The van der Waals surface area contributed by atoms with Crippen LogP contribution in [0.4, 0.5) is 0 Å². The molecule has 1 atom stereocenters. The summed E-state index contributed by atoms with van der Waals surface area (Å²) in [5.74, 6) is -0.189. The number of carbonyl (C=O) groups excluding carboxylic acids is 1. The van der Waals surface area contributed by atoms with Crippen LogP contribution in [0.25, 0.3) is 0 Å². The standard InChI is InChI=1S/C9H19NO4Si/c1-7-9(11)10(3)8(2)15(12-4,13-5)14-6/h7-8H,1H2,2-6H3. The van der Waals surface area contributed by atoms with E-state index >= 15 is 0 Å². The van der Waals surface area contributed by atoms with E-state index in [0.29, 0.717) is 0 Å². The maximum atomic E-state index is 11.4. The second kappa shape index (κ2) is 6.01. The van der Waals surface area contributed by atoms with E-state index in [9.17, 15) is 4.79 Å². The van der Waals surface area contributed by atoms with Crippen molar-refractivity contribution in [2.24, 2.45) is 0 Å². The fraction of sp³-hybridized carbons (Fsp3) is 0.667. The molecule has 5 nitrogen and oxygen atoms in total. The van der Waals surface area contributed by atoms with Gasteiger partial charge in [-0.05, 0) is 13.0 Å². The highest BCUT2D eigenvalue weighted by molar-refractivity contribution is 6.62. The Labute approximate surface area is 92.0 Å². The molecule has 0 fully saturated rings. The van der Waals surface area contributed by atoms with E-state index in [2.05, 4.69) is 6.58 Å². The van der Waals surface area contributed by atoms with E-state index in [4.69, 9.17) is 13.3 Å². The van der Waals surface area contributed by atoms with Gasteiger partial charge in [0, 0.05) is 28.4 Å². The molecule has 0 saturated heterocycles. The van der Waals surface area contributed by atoms with Crippen molar-refractivity contribution in [3.05, 3.63) is 12.7 Å². The van der Waals surface area contributed by atoms with Gasteiger partial charge in [-0.15, -0.1) is 0 Å². The molecule has 0 aliphatic carbocycles. The molecule has 0 heterocycles. The molecule has 0 N–H and O–H groups in total. The number of amides is 1. The lowest BCUT2D eigenvalue weighted by atomic mass is 10.5. The van der Waals surface area contributed by atoms with Gasteiger partial charge in [-0.1, -0.05) is 6.58 Å². The molecule has 0 aromatic carbocycles. The first-order valence-corrected chi connectivity index (χ1v) is 6.34. The van der Waals surface area contributed by atoms with Gasteiger partial charge in [-0.2, -0.15) is 0 Å². The molecule has 0 aliphatic heterocycles. The monoisotopic (exact) mass is 233 g/mol. The first-order chi connectivity index (χ1) is 6.98. The summed E-state index contributed by atoms with van der Waals surface area (Å²) in [7, 11) is 3.40. The third-order valence-corrected chi connectivity index (χ3v) is 5.59. The average molecular weight is 233 g/mol.